The second kappa shape index (κ2) is 5.16. The van der Waals surface area contributed by atoms with Crippen LogP contribution in [-0.4, -0.2) is 41.8 Å². The minimum absolute atomic E-state index is 0.115. The predicted octanol–water partition coefficient (Wildman–Crippen LogP) is 1.27. The molecule has 1 aromatic rings. The van der Waals surface area contributed by atoms with Gasteiger partial charge in [0.05, 0.1) is 11.6 Å². The third kappa shape index (κ3) is 2.86. The van der Waals surface area contributed by atoms with E-state index in [0.717, 1.165) is 4.31 Å². The van der Waals surface area contributed by atoms with Gasteiger partial charge in [-0.2, -0.15) is 22.6 Å². The van der Waals surface area contributed by atoms with E-state index in [1.165, 1.54) is 4.68 Å². The van der Waals surface area contributed by atoms with Crippen molar-refractivity contribution in [3.63, 3.8) is 0 Å². The second-order valence-electron chi connectivity index (χ2n) is 5.14. The van der Waals surface area contributed by atoms with Gasteiger partial charge in [-0.15, -0.1) is 0 Å². The first kappa shape index (κ1) is 16.1. The summed E-state index contributed by atoms with van der Waals surface area (Å²) in [5.74, 6) is -1.58. The normalized spacial score (nSPS) is 19.1. The lowest BCUT2D eigenvalue weighted by atomic mass is 9.98. The average Bonchev–Trinajstić information content (AvgIpc) is 2.62. The van der Waals surface area contributed by atoms with E-state index in [-0.39, 0.29) is 36.6 Å². The topological polar surface area (TPSA) is 81.2 Å². The van der Waals surface area contributed by atoms with Crippen molar-refractivity contribution in [1.82, 2.24) is 14.1 Å². The first-order valence-electron chi connectivity index (χ1n) is 6.41. The van der Waals surface area contributed by atoms with E-state index in [1.54, 1.807) is 14.0 Å². The van der Waals surface area contributed by atoms with E-state index >= 15 is 0 Å². The number of piperidine rings is 1. The lowest BCUT2D eigenvalue weighted by Gasteiger charge is -2.32. The van der Waals surface area contributed by atoms with Gasteiger partial charge in [0.25, 0.3) is 0 Å². The van der Waals surface area contributed by atoms with Crippen LogP contribution in [0.3, 0.4) is 0 Å². The fraction of sp³-hybridized carbons (Fsp3) is 0.727. The van der Waals surface area contributed by atoms with Crippen LogP contribution in [0.1, 0.15) is 18.5 Å². The average molecular weight is 326 g/mol. The van der Waals surface area contributed by atoms with Crippen LogP contribution in [0.2, 0.25) is 0 Å². The maximum absolute atomic E-state index is 12.6. The Morgan fingerprint density at radius 2 is 1.81 bits per heavy atom. The van der Waals surface area contributed by atoms with Crippen LogP contribution in [0.5, 0.6) is 0 Å². The highest BCUT2D eigenvalue weighted by molar-refractivity contribution is 7.89. The maximum atomic E-state index is 12.6. The molecule has 0 aromatic carbocycles. The summed E-state index contributed by atoms with van der Waals surface area (Å²) in [5, 5.41) is 3.83. The van der Waals surface area contributed by atoms with Gasteiger partial charge in [0.1, 0.15) is 4.90 Å². The zero-order valence-corrected chi connectivity index (χ0v) is 12.5. The molecule has 2 heterocycles. The van der Waals surface area contributed by atoms with E-state index in [2.05, 4.69) is 5.10 Å². The lowest BCUT2D eigenvalue weighted by molar-refractivity contribution is -0.182. The van der Waals surface area contributed by atoms with Gasteiger partial charge >= 0.3 is 6.18 Å². The molecule has 1 saturated heterocycles. The molecular weight excluding hydrogens is 309 g/mol. The summed E-state index contributed by atoms with van der Waals surface area (Å²) in [5.41, 5.74) is 5.98. The molecule has 0 atom stereocenters. The smallest absolute Gasteiger partial charge is 0.381 e. The number of sulfonamides is 1. The van der Waals surface area contributed by atoms with Gasteiger partial charge in [0, 0.05) is 20.1 Å². The third-order valence-corrected chi connectivity index (χ3v) is 5.88. The van der Waals surface area contributed by atoms with Gasteiger partial charge in [-0.1, -0.05) is 0 Å². The van der Waals surface area contributed by atoms with Crippen molar-refractivity contribution in [3.8, 4) is 0 Å². The Morgan fingerprint density at radius 1 is 1.29 bits per heavy atom. The Kier molecular flexibility index (Phi) is 3.96. The highest BCUT2D eigenvalue weighted by Gasteiger charge is 2.43. The van der Waals surface area contributed by atoms with Crippen LogP contribution in [0.4, 0.5) is 19.0 Å². The molecule has 10 heteroatoms. The number of halogens is 3. The fourth-order valence-electron chi connectivity index (χ4n) is 2.49. The number of nitrogens with two attached hydrogens (primary N) is 1. The van der Waals surface area contributed by atoms with Crippen molar-refractivity contribution in [2.75, 3.05) is 18.8 Å². The van der Waals surface area contributed by atoms with E-state index in [0.29, 0.717) is 5.69 Å². The molecule has 1 aliphatic rings. The summed E-state index contributed by atoms with van der Waals surface area (Å²) in [4.78, 5) is -0.115. The van der Waals surface area contributed by atoms with Gasteiger partial charge in [0.2, 0.25) is 10.0 Å². The number of nitrogen functional groups attached to an aromatic ring is 1. The van der Waals surface area contributed by atoms with E-state index in [4.69, 9.17) is 5.73 Å². The molecule has 1 aliphatic heterocycles. The first-order valence-corrected chi connectivity index (χ1v) is 7.85. The fourth-order valence-corrected chi connectivity index (χ4v) is 4.25. The number of rotatable bonds is 2. The second-order valence-corrected chi connectivity index (χ2v) is 7.02. The van der Waals surface area contributed by atoms with Crippen LogP contribution >= 0.6 is 0 Å². The number of hydrogen-bond acceptors (Lipinski definition) is 4. The number of aryl methyl sites for hydroxylation is 1. The van der Waals surface area contributed by atoms with Crippen LogP contribution in [0.25, 0.3) is 0 Å². The summed E-state index contributed by atoms with van der Waals surface area (Å²) in [6.45, 7) is 1.22. The summed E-state index contributed by atoms with van der Waals surface area (Å²) in [6, 6.07) is 0. The summed E-state index contributed by atoms with van der Waals surface area (Å²) >= 11 is 0. The van der Waals surface area contributed by atoms with Crippen molar-refractivity contribution in [2.45, 2.75) is 30.8 Å². The van der Waals surface area contributed by atoms with Gasteiger partial charge in [0.15, 0.2) is 5.82 Å². The molecular formula is C11H17F3N4O2S. The number of alkyl halides is 3. The number of aromatic nitrogens is 2. The number of nitrogens with zero attached hydrogens (tertiary/aromatic N) is 3. The SMILES string of the molecule is Cc1c(S(=O)(=O)N2CCC(C(F)(F)F)CC2)c(N)nn1C. The quantitative estimate of drug-likeness (QED) is 0.887. The predicted molar refractivity (Wildman–Crippen MR) is 69.9 cm³/mol. The molecule has 0 radical (unpaired) electrons. The molecule has 21 heavy (non-hydrogen) atoms. The van der Waals surface area contributed by atoms with E-state index < -0.39 is 22.1 Å². The standard InChI is InChI=1S/C11H17F3N4O2S/c1-7-9(10(15)16-17(7)2)21(19,20)18-5-3-8(4-6-18)11(12,13)14/h8H,3-6H2,1-2H3,(H2,15,16). The summed E-state index contributed by atoms with van der Waals surface area (Å²) < 4.78 is 65.3. The minimum atomic E-state index is -4.28. The Balaban J connectivity index is 2.23. The summed E-state index contributed by atoms with van der Waals surface area (Å²) in [7, 11) is -2.36. The molecule has 1 fully saturated rings. The van der Waals surface area contributed by atoms with Crippen LogP contribution in [0, 0.1) is 12.8 Å². The highest BCUT2D eigenvalue weighted by Crippen LogP contribution is 2.36. The van der Waals surface area contributed by atoms with Crippen molar-refractivity contribution < 1.29 is 21.6 Å². The summed E-state index contributed by atoms with van der Waals surface area (Å²) in [6.07, 6.45) is -4.75. The molecule has 6 nitrogen and oxygen atoms in total. The van der Waals surface area contributed by atoms with Gasteiger partial charge in [-0.3, -0.25) is 4.68 Å². The molecule has 0 saturated carbocycles. The van der Waals surface area contributed by atoms with Crippen molar-refractivity contribution in [3.05, 3.63) is 5.69 Å². The molecule has 0 unspecified atom stereocenters. The number of anilines is 1. The molecule has 0 aliphatic carbocycles. The van der Waals surface area contributed by atoms with Gasteiger partial charge in [-0.05, 0) is 19.8 Å². The molecule has 2 N–H and O–H groups in total. The van der Waals surface area contributed by atoms with Crippen LogP contribution in [-0.2, 0) is 17.1 Å². The Hall–Kier alpha value is -1.29. The molecule has 2 rings (SSSR count). The Morgan fingerprint density at radius 3 is 2.19 bits per heavy atom. The van der Waals surface area contributed by atoms with Crippen molar-refractivity contribution in [1.29, 1.82) is 0 Å². The number of hydrogen-bond donors (Lipinski definition) is 1. The molecule has 0 amide bonds. The minimum Gasteiger partial charge on any atom is -0.381 e. The molecule has 0 bridgehead atoms. The van der Waals surface area contributed by atoms with Crippen molar-refractivity contribution in [2.24, 2.45) is 13.0 Å². The first-order chi connectivity index (χ1) is 9.55. The monoisotopic (exact) mass is 326 g/mol. The molecule has 120 valence electrons. The third-order valence-electron chi connectivity index (χ3n) is 3.82. The van der Waals surface area contributed by atoms with Crippen molar-refractivity contribution >= 4 is 15.8 Å². The van der Waals surface area contributed by atoms with Crippen LogP contribution in [0.15, 0.2) is 4.90 Å². The zero-order chi connectivity index (χ0) is 16.0. The van der Waals surface area contributed by atoms with Crippen LogP contribution < -0.4 is 5.73 Å². The van der Waals surface area contributed by atoms with E-state index in [9.17, 15) is 21.6 Å². The Bertz CT molecular complexity index is 631. The zero-order valence-electron chi connectivity index (χ0n) is 11.7. The Labute approximate surface area is 120 Å². The van der Waals surface area contributed by atoms with Gasteiger partial charge in [-0.25, -0.2) is 8.42 Å². The largest absolute Gasteiger partial charge is 0.391 e. The lowest BCUT2D eigenvalue weighted by Crippen LogP contribution is -2.42. The maximum Gasteiger partial charge on any atom is 0.391 e. The molecule has 1 aromatic heterocycles. The molecule has 0 spiro atoms. The van der Waals surface area contributed by atoms with Gasteiger partial charge < -0.3 is 5.73 Å². The highest BCUT2D eigenvalue weighted by atomic mass is 32.2. The van der Waals surface area contributed by atoms with E-state index in [1.807, 2.05) is 0 Å².